The van der Waals surface area contributed by atoms with Crippen molar-refractivity contribution in [2.24, 2.45) is 0 Å². The Morgan fingerprint density at radius 2 is 1.95 bits per heavy atom. The highest BCUT2D eigenvalue weighted by Crippen LogP contribution is 2.26. The van der Waals surface area contributed by atoms with Crippen LogP contribution in [0.1, 0.15) is 11.1 Å². The third kappa shape index (κ3) is 3.95. The van der Waals surface area contributed by atoms with Crippen molar-refractivity contribution in [1.29, 1.82) is 0 Å². The molecular formula is C16H17BrFNO2. The molecule has 0 aliphatic rings. The second-order valence-corrected chi connectivity index (χ2v) is 5.42. The molecule has 1 N–H and O–H groups in total. The molecule has 3 nitrogen and oxygen atoms in total. The molecule has 0 aliphatic carbocycles. The lowest BCUT2D eigenvalue weighted by atomic mass is 10.2. The van der Waals surface area contributed by atoms with Gasteiger partial charge in [0.05, 0.1) is 7.11 Å². The first-order chi connectivity index (χ1) is 10.2. The van der Waals surface area contributed by atoms with Crippen molar-refractivity contribution in [3.8, 4) is 11.5 Å². The second kappa shape index (κ2) is 7.43. The quantitative estimate of drug-likeness (QED) is 0.854. The number of hydrogen-bond donors (Lipinski definition) is 1. The summed E-state index contributed by atoms with van der Waals surface area (Å²) in [5.41, 5.74) is 1.47. The lowest BCUT2D eigenvalue weighted by Gasteiger charge is -2.13. The molecule has 2 aromatic carbocycles. The van der Waals surface area contributed by atoms with E-state index in [1.165, 1.54) is 7.11 Å². The van der Waals surface area contributed by atoms with Crippen LogP contribution in [0.4, 0.5) is 4.39 Å². The molecule has 21 heavy (non-hydrogen) atoms. The van der Waals surface area contributed by atoms with E-state index in [1.807, 2.05) is 25.2 Å². The summed E-state index contributed by atoms with van der Waals surface area (Å²) < 4.78 is 25.8. The molecule has 0 radical (unpaired) electrons. The first-order valence-corrected chi connectivity index (χ1v) is 7.32. The summed E-state index contributed by atoms with van der Waals surface area (Å²) in [6, 6.07) is 10.8. The Balaban J connectivity index is 2.16. The zero-order valence-electron chi connectivity index (χ0n) is 12.0. The Kier molecular flexibility index (Phi) is 5.59. The lowest BCUT2D eigenvalue weighted by molar-refractivity contribution is 0.292. The van der Waals surface area contributed by atoms with Crippen LogP contribution in [0.3, 0.4) is 0 Å². The predicted molar refractivity (Wildman–Crippen MR) is 84.2 cm³/mol. The number of nitrogens with one attached hydrogen (secondary N) is 1. The Labute approximate surface area is 132 Å². The molecule has 112 valence electrons. The van der Waals surface area contributed by atoms with Crippen LogP contribution >= 0.6 is 15.9 Å². The van der Waals surface area contributed by atoms with Gasteiger partial charge >= 0.3 is 0 Å². The summed E-state index contributed by atoms with van der Waals surface area (Å²) >= 11 is 3.43. The first kappa shape index (κ1) is 15.8. The van der Waals surface area contributed by atoms with Gasteiger partial charge in [0, 0.05) is 22.1 Å². The van der Waals surface area contributed by atoms with E-state index in [9.17, 15) is 4.39 Å². The number of rotatable bonds is 6. The van der Waals surface area contributed by atoms with Crippen LogP contribution in [0.25, 0.3) is 0 Å². The van der Waals surface area contributed by atoms with Crippen molar-refractivity contribution in [3.63, 3.8) is 0 Å². The number of methoxy groups -OCH3 is 1. The maximum atomic E-state index is 14.1. The van der Waals surface area contributed by atoms with Crippen molar-refractivity contribution in [3.05, 3.63) is 57.8 Å². The van der Waals surface area contributed by atoms with Gasteiger partial charge in [-0.15, -0.1) is 0 Å². The molecule has 5 heteroatoms. The SMILES string of the molecule is CNCc1cc(Br)ccc1OCc1cccc(OC)c1F. The molecule has 0 atom stereocenters. The lowest BCUT2D eigenvalue weighted by Crippen LogP contribution is -2.08. The largest absolute Gasteiger partial charge is 0.494 e. The van der Waals surface area contributed by atoms with Gasteiger partial charge in [-0.05, 0) is 31.3 Å². The minimum Gasteiger partial charge on any atom is -0.494 e. The van der Waals surface area contributed by atoms with Crippen LogP contribution in [0, 0.1) is 5.82 Å². The fourth-order valence-corrected chi connectivity index (χ4v) is 2.41. The average Bonchev–Trinajstić information content (AvgIpc) is 2.48. The fraction of sp³-hybridized carbons (Fsp3) is 0.250. The molecule has 0 amide bonds. The highest BCUT2D eigenvalue weighted by molar-refractivity contribution is 9.10. The van der Waals surface area contributed by atoms with E-state index in [0.29, 0.717) is 12.1 Å². The molecule has 0 heterocycles. The minimum atomic E-state index is -0.382. The third-order valence-electron chi connectivity index (χ3n) is 3.04. The molecule has 2 rings (SSSR count). The van der Waals surface area contributed by atoms with E-state index in [1.54, 1.807) is 18.2 Å². The molecule has 2 aromatic rings. The summed E-state index contributed by atoms with van der Waals surface area (Å²) in [7, 11) is 3.31. The van der Waals surface area contributed by atoms with Crippen LogP contribution in [0.5, 0.6) is 11.5 Å². The molecular weight excluding hydrogens is 337 g/mol. The Hall–Kier alpha value is -1.59. The maximum Gasteiger partial charge on any atom is 0.171 e. The average molecular weight is 354 g/mol. The number of ether oxygens (including phenoxy) is 2. The molecule has 0 bridgehead atoms. The molecule has 0 fully saturated rings. The van der Waals surface area contributed by atoms with Crippen molar-refractivity contribution >= 4 is 15.9 Å². The molecule has 0 spiro atoms. The van der Waals surface area contributed by atoms with Gasteiger partial charge in [-0.2, -0.15) is 0 Å². The Morgan fingerprint density at radius 1 is 1.14 bits per heavy atom. The molecule has 0 unspecified atom stereocenters. The van der Waals surface area contributed by atoms with Crippen LogP contribution in [0.15, 0.2) is 40.9 Å². The van der Waals surface area contributed by atoms with Crippen LogP contribution in [0.2, 0.25) is 0 Å². The van der Waals surface area contributed by atoms with E-state index >= 15 is 0 Å². The fourth-order valence-electron chi connectivity index (χ4n) is 2.00. The van der Waals surface area contributed by atoms with E-state index in [4.69, 9.17) is 9.47 Å². The normalized spacial score (nSPS) is 10.5. The van der Waals surface area contributed by atoms with E-state index < -0.39 is 0 Å². The molecule has 0 aromatic heterocycles. The van der Waals surface area contributed by atoms with Gasteiger partial charge in [-0.3, -0.25) is 0 Å². The monoisotopic (exact) mass is 353 g/mol. The number of hydrogen-bond acceptors (Lipinski definition) is 3. The molecule has 0 saturated heterocycles. The van der Waals surface area contributed by atoms with Gasteiger partial charge in [0.2, 0.25) is 0 Å². The Morgan fingerprint density at radius 3 is 2.67 bits per heavy atom. The number of halogens is 2. The van der Waals surface area contributed by atoms with Crippen molar-refractivity contribution in [2.75, 3.05) is 14.2 Å². The van der Waals surface area contributed by atoms with E-state index in [-0.39, 0.29) is 18.2 Å². The van der Waals surface area contributed by atoms with Crippen LogP contribution in [-0.4, -0.2) is 14.2 Å². The zero-order valence-corrected chi connectivity index (χ0v) is 13.5. The van der Waals surface area contributed by atoms with E-state index in [0.717, 1.165) is 15.8 Å². The summed E-state index contributed by atoms with van der Waals surface area (Å²) in [4.78, 5) is 0. The molecule has 0 aliphatic heterocycles. The van der Waals surface area contributed by atoms with Gasteiger partial charge in [0.1, 0.15) is 12.4 Å². The third-order valence-corrected chi connectivity index (χ3v) is 3.53. The van der Waals surface area contributed by atoms with Crippen LogP contribution in [-0.2, 0) is 13.2 Å². The zero-order chi connectivity index (χ0) is 15.2. The maximum absolute atomic E-state index is 14.1. The first-order valence-electron chi connectivity index (χ1n) is 6.53. The van der Waals surface area contributed by atoms with Crippen molar-refractivity contribution < 1.29 is 13.9 Å². The Bertz CT molecular complexity index is 619. The summed E-state index contributed by atoms with van der Waals surface area (Å²) in [5, 5.41) is 3.08. The minimum absolute atomic E-state index is 0.154. The smallest absolute Gasteiger partial charge is 0.171 e. The van der Waals surface area contributed by atoms with Gasteiger partial charge in [-0.25, -0.2) is 4.39 Å². The van der Waals surface area contributed by atoms with Crippen molar-refractivity contribution in [1.82, 2.24) is 5.32 Å². The van der Waals surface area contributed by atoms with Gasteiger partial charge < -0.3 is 14.8 Å². The molecule has 0 saturated carbocycles. The summed E-state index contributed by atoms with van der Waals surface area (Å²) in [6.45, 7) is 0.830. The predicted octanol–water partition coefficient (Wildman–Crippen LogP) is 3.90. The summed E-state index contributed by atoms with van der Waals surface area (Å²) in [6.07, 6.45) is 0. The van der Waals surface area contributed by atoms with Crippen LogP contribution < -0.4 is 14.8 Å². The van der Waals surface area contributed by atoms with Gasteiger partial charge in [-0.1, -0.05) is 28.1 Å². The van der Waals surface area contributed by atoms with Crippen molar-refractivity contribution in [2.45, 2.75) is 13.2 Å². The summed E-state index contributed by atoms with van der Waals surface area (Å²) in [5.74, 6) is 0.574. The van der Waals surface area contributed by atoms with Gasteiger partial charge in [0.25, 0.3) is 0 Å². The van der Waals surface area contributed by atoms with E-state index in [2.05, 4.69) is 21.2 Å². The second-order valence-electron chi connectivity index (χ2n) is 4.50. The topological polar surface area (TPSA) is 30.5 Å². The highest BCUT2D eigenvalue weighted by Gasteiger charge is 2.10. The number of benzene rings is 2. The standard InChI is InChI=1S/C16H17BrFNO2/c1-19-9-12-8-13(17)6-7-14(12)21-10-11-4-3-5-15(20-2)16(11)18/h3-8,19H,9-10H2,1-2H3. The highest BCUT2D eigenvalue weighted by atomic mass is 79.9. The van der Waals surface area contributed by atoms with Gasteiger partial charge in [0.15, 0.2) is 11.6 Å².